The van der Waals surface area contributed by atoms with Gasteiger partial charge in [-0.15, -0.1) is 0 Å². The molecule has 0 aromatic heterocycles. The standard InChI is InChI=1S/C17H27NO2/c1-12(2)17(4,5)11-18-13(3)14-6-7-15-16(10-14)20-9-8-19-15/h6-7,10,12-13,18H,8-9,11H2,1-5H3. The molecule has 1 aromatic rings. The molecule has 112 valence electrons. The van der Waals surface area contributed by atoms with Crippen molar-refractivity contribution in [2.45, 2.75) is 40.7 Å². The highest BCUT2D eigenvalue weighted by Crippen LogP contribution is 2.33. The van der Waals surface area contributed by atoms with Crippen molar-refractivity contribution in [1.29, 1.82) is 0 Å². The van der Waals surface area contributed by atoms with Gasteiger partial charge in [0.15, 0.2) is 11.5 Å². The molecule has 0 radical (unpaired) electrons. The van der Waals surface area contributed by atoms with Crippen LogP contribution in [-0.4, -0.2) is 19.8 Å². The average molecular weight is 277 g/mol. The van der Waals surface area contributed by atoms with Gasteiger partial charge in [0, 0.05) is 12.6 Å². The van der Waals surface area contributed by atoms with E-state index in [2.05, 4.69) is 52.1 Å². The Hall–Kier alpha value is -1.22. The van der Waals surface area contributed by atoms with Gasteiger partial charge in [0.2, 0.25) is 0 Å². The zero-order chi connectivity index (χ0) is 14.8. The van der Waals surface area contributed by atoms with Gasteiger partial charge in [-0.25, -0.2) is 0 Å². The lowest BCUT2D eigenvalue weighted by Gasteiger charge is -2.31. The van der Waals surface area contributed by atoms with E-state index in [1.54, 1.807) is 0 Å². The van der Waals surface area contributed by atoms with Gasteiger partial charge in [0.25, 0.3) is 0 Å². The normalized spacial score (nSPS) is 16.3. The fourth-order valence-corrected chi connectivity index (χ4v) is 2.07. The summed E-state index contributed by atoms with van der Waals surface area (Å²) < 4.78 is 11.2. The van der Waals surface area contributed by atoms with E-state index in [1.807, 2.05) is 6.07 Å². The summed E-state index contributed by atoms with van der Waals surface area (Å²) in [5.41, 5.74) is 1.54. The molecule has 2 rings (SSSR count). The van der Waals surface area contributed by atoms with E-state index < -0.39 is 0 Å². The average Bonchev–Trinajstić information content (AvgIpc) is 2.44. The smallest absolute Gasteiger partial charge is 0.161 e. The van der Waals surface area contributed by atoms with Crippen molar-refractivity contribution in [3.8, 4) is 11.5 Å². The molecular weight excluding hydrogens is 250 g/mol. The zero-order valence-electron chi connectivity index (χ0n) is 13.3. The number of nitrogens with one attached hydrogen (secondary N) is 1. The minimum Gasteiger partial charge on any atom is -0.486 e. The fraction of sp³-hybridized carbons (Fsp3) is 0.647. The lowest BCUT2D eigenvalue weighted by atomic mass is 9.81. The van der Waals surface area contributed by atoms with Gasteiger partial charge in [-0.2, -0.15) is 0 Å². The maximum absolute atomic E-state index is 5.65. The molecule has 1 aromatic carbocycles. The Kier molecular flexibility index (Phi) is 4.59. The number of hydrogen-bond donors (Lipinski definition) is 1. The van der Waals surface area contributed by atoms with Gasteiger partial charge >= 0.3 is 0 Å². The number of hydrogen-bond acceptors (Lipinski definition) is 3. The highest BCUT2D eigenvalue weighted by molar-refractivity contribution is 5.44. The van der Waals surface area contributed by atoms with Gasteiger partial charge in [-0.05, 0) is 36.0 Å². The molecule has 1 N–H and O–H groups in total. The van der Waals surface area contributed by atoms with Gasteiger partial charge in [0.05, 0.1) is 0 Å². The first-order chi connectivity index (χ1) is 9.40. The summed E-state index contributed by atoms with van der Waals surface area (Å²) in [5.74, 6) is 2.38. The molecule has 0 aliphatic carbocycles. The van der Waals surface area contributed by atoms with Gasteiger partial charge < -0.3 is 14.8 Å². The molecular formula is C17H27NO2. The van der Waals surface area contributed by atoms with Crippen LogP contribution in [0.4, 0.5) is 0 Å². The Morgan fingerprint density at radius 2 is 1.75 bits per heavy atom. The third-order valence-corrected chi connectivity index (χ3v) is 4.49. The van der Waals surface area contributed by atoms with Crippen LogP contribution in [0.15, 0.2) is 18.2 Å². The maximum Gasteiger partial charge on any atom is 0.161 e. The molecule has 20 heavy (non-hydrogen) atoms. The minimum atomic E-state index is 0.294. The molecule has 3 heteroatoms. The molecule has 0 saturated heterocycles. The molecule has 0 spiro atoms. The van der Waals surface area contributed by atoms with Gasteiger partial charge in [-0.3, -0.25) is 0 Å². The number of ether oxygens (including phenoxy) is 2. The Bertz CT molecular complexity index is 454. The summed E-state index contributed by atoms with van der Waals surface area (Å²) >= 11 is 0. The molecule has 1 aliphatic heterocycles. The summed E-state index contributed by atoms with van der Waals surface area (Å²) in [4.78, 5) is 0. The third-order valence-electron chi connectivity index (χ3n) is 4.49. The van der Waals surface area contributed by atoms with E-state index in [0.29, 0.717) is 30.6 Å². The molecule has 1 heterocycles. The van der Waals surface area contributed by atoms with E-state index in [4.69, 9.17) is 9.47 Å². The lowest BCUT2D eigenvalue weighted by Crippen LogP contribution is -2.34. The van der Waals surface area contributed by atoms with Crippen molar-refractivity contribution in [3.05, 3.63) is 23.8 Å². The number of rotatable bonds is 5. The molecule has 3 nitrogen and oxygen atoms in total. The predicted molar refractivity (Wildman–Crippen MR) is 82.5 cm³/mol. The molecule has 1 unspecified atom stereocenters. The second kappa shape index (κ2) is 6.04. The first kappa shape index (κ1) is 15.2. The second-order valence-electron chi connectivity index (χ2n) is 6.65. The van der Waals surface area contributed by atoms with Gasteiger partial charge in [-0.1, -0.05) is 33.8 Å². The monoisotopic (exact) mass is 277 g/mol. The van der Waals surface area contributed by atoms with Crippen LogP contribution in [0.2, 0.25) is 0 Å². The molecule has 0 fully saturated rings. The highest BCUT2D eigenvalue weighted by atomic mass is 16.6. The van der Waals surface area contributed by atoms with E-state index in [1.165, 1.54) is 5.56 Å². The topological polar surface area (TPSA) is 30.5 Å². The molecule has 0 amide bonds. The minimum absolute atomic E-state index is 0.294. The summed E-state index contributed by atoms with van der Waals surface area (Å²) in [6, 6.07) is 6.53. The zero-order valence-corrected chi connectivity index (χ0v) is 13.3. The van der Waals surface area contributed by atoms with E-state index in [-0.39, 0.29) is 0 Å². The molecule has 1 atom stereocenters. The van der Waals surface area contributed by atoms with Crippen LogP contribution < -0.4 is 14.8 Å². The van der Waals surface area contributed by atoms with Crippen LogP contribution in [0.1, 0.15) is 46.2 Å². The third kappa shape index (κ3) is 3.45. The largest absolute Gasteiger partial charge is 0.486 e. The van der Waals surface area contributed by atoms with Crippen LogP contribution in [-0.2, 0) is 0 Å². The van der Waals surface area contributed by atoms with Crippen LogP contribution in [0, 0.1) is 11.3 Å². The van der Waals surface area contributed by atoms with Gasteiger partial charge in [0.1, 0.15) is 13.2 Å². The summed E-state index contributed by atoms with van der Waals surface area (Å²) in [6.45, 7) is 13.6. The van der Waals surface area contributed by atoms with Crippen molar-refractivity contribution in [2.75, 3.05) is 19.8 Å². The number of benzene rings is 1. The second-order valence-corrected chi connectivity index (χ2v) is 6.65. The summed E-state index contributed by atoms with van der Waals surface area (Å²) in [7, 11) is 0. The number of fused-ring (bicyclic) bond motifs is 1. The van der Waals surface area contributed by atoms with Crippen LogP contribution in [0.5, 0.6) is 11.5 Å². The first-order valence-electron chi connectivity index (χ1n) is 7.53. The van der Waals surface area contributed by atoms with E-state index >= 15 is 0 Å². The SMILES string of the molecule is CC(NCC(C)(C)C(C)C)c1ccc2c(c1)OCCO2. The van der Waals surface area contributed by atoms with Crippen molar-refractivity contribution in [1.82, 2.24) is 5.32 Å². The van der Waals surface area contributed by atoms with Crippen molar-refractivity contribution < 1.29 is 9.47 Å². The Morgan fingerprint density at radius 3 is 2.40 bits per heavy atom. The Balaban J connectivity index is 2.01. The van der Waals surface area contributed by atoms with Crippen molar-refractivity contribution in [3.63, 3.8) is 0 Å². The van der Waals surface area contributed by atoms with E-state index in [0.717, 1.165) is 18.0 Å². The Labute approximate surface area is 122 Å². The fourth-order valence-electron chi connectivity index (χ4n) is 2.07. The molecule has 1 aliphatic rings. The molecule has 0 saturated carbocycles. The van der Waals surface area contributed by atoms with Crippen LogP contribution >= 0.6 is 0 Å². The lowest BCUT2D eigenvalue weighted by molar-refractivity contribution is 0.171. The van der Waals surface area contributed by atoms with Crippen LogP contribution in [0.25, 0.3) is 0 Å². The maximum atomic E-state index is 5.65. The highest BCUT2D eigenvalue weighted by Gasteiger charge is 2.23. The summed E-state index contributed by atoms with van der Waals surface area (Å²) in [6.07, 6.45) is 0. The molecule has 0 bridgehead atoms. The van der Waals surface area contributed by atoms with Crippen molar-refractivity contribution >= 4 is 0 Å². The van der Waals surface area contributed by atoms with Crippen molar-refractivity contribution in [2.24, 2.45) is 11.3 Å². The van der Waals surface area contributed by atoms with E-state index in [9.17, 15) is 0 Å². The quantitative estimate of drug-likeness (QED) is 0.888. The predicted octanol–water partition coefficient (Wildman–Crippen LogP) is 3.79. The van der Waals surface area contributed by atoms with Crippen LogP contribution in [0.3, 0.4) is 0 Å². The summed E-state index contributed by atoms with van der Waals surface area (Å²) in [5, 5.41) is 3.63. The first-order valence-corrected chi connectivity index (χ1v) is 7.53. The Morgan fingerprint density at radius 1 is 1.10 bits per heavy atom.